The molecular formula is C12H17Cl2NOS. The van der Waals surface area contributed by atoms with Gasteiger partial charge in [0.05, 0.1) is 5.02 Å². The smallest absolute Gasteiger partial charge is 0.263 e. The Labute approximate surface area is 116 Å². The zero-order valence-corrected chi connectivity index (χ0v) is 12.5. The van der Waals surface area contributed by atoms with Gasteiger partial charge in [-0.25, -0.2) is 0 Å². The van der Waals surface area contributed by atoms with Gasteiger partial charge in [0.2, 0.25) is 0 Å². The van der Waals surface area contributed by atoms with Crippen LogP contribution in [0.3, 0.4) is 0 Å². The molecule has 1 rings (SSSR count). The first-order valence-corrected chi connectivity index (χ1v) is 7.37. The zero-order valence-electron chi connectivity index (χ0n) is 10.2. The van der Waals surface area contributed by atoms with Gasteiger partial charge in [-0.05, 0) is 30.2 Å². The monoisotopic (exact) mass is 293 g/mol. The summed E-state index contributed by atoms with van der Waals surface area (Å²) >= 11 is 13.2. The second-order valence-corrected chi connectivity index (χ2v) is 6.00. The quantitative estimate of drug-likeness (QED) is 0.814. The molecule has 0 saturated heterocycles. The third-order valence-corrected chi connectivity index (χ3v) is 4.56. The lowest BCUT2D eigenvalue weighted by Gasteiger charge is -2.21. The number of nitrogens with one attached hydrogen (secondary N) is 1. The summed E-state index contributed by atoms with van der Waals surface area (Å²) in [5.41, 5.74) is 0.945. The molecule has 1 aromatic heterocycles. The minimum atomic E-state index is -0.100. The van der Waals surface area contributed by atoms with Crippen LogP contribution < -0.4 is 5.32 Å². The highest BCUT2D eigenvalue weighted by Crippen LogP contribution is 2.27. The maximum atomic E-state index is 12.0. The lowest BCUT2D eigenvalue weighted by atomic mass is 10.0. The van der Waals surface area contributed by atoms with Gasteiger partial charge in [-0.15, -0.1) is 22.9 Å². The van der Waals surface area contributed by atoms with Gasteiger partial charge in [0.25, 0.3) is 5.91 Å². The largest absolute Gasteiger partial charge is 0.348 e. The number of carbonyl (C=O) groups is 1. The van der Waals surface area contributed by atoms with Crippen LogP contribution >= 0.6 is 34.5 Å². The molecule has 2 nitrogen and oxygen atoms in total. The van der Waals surface area contributed by atoms with E-state index in [-0.39, 0.29) is 11.9 Å². The first kappa shape index (κ1) is 14.8. The summed E-state index contributed by atoms with van der Waals surface area (Å²) in [6.07, 6.45) is 0.771. The second-order valence-electron chi connectivity index (χ2n) is 4.36. The van der Waals surface area contributed by atoms with Crippen molar-refractivity contribution in [3.63, 3.8) is 0 Å². The lowest BCUT2D eigenvalue weighted by molar-refractivity contribution is 0.0929. The Kier molecular flexibility index (Phi) is 5.77. The molecular weight excluding hydrogens is 277 g/mol. The van der Waals surface area contributed by atoms with E-state index in [1.54, 1.807) is 0 Å². The van der Waals surface area contributed by atoms with E-state index in [1.807, 2.05) is 12.3 Å². The van der Waals surface area contributed by atoms with Gasteiger partial charge in [-0.2, -0.15) is 0 Å². The normalized spacial score (nSPS) is 12.8. The van der Waals surface area contributed by atoms with Crippen molar-refractivity contribution in [1.29, 1.82) is 0 Å². The van der Waals surface area contributed by atoms with Crippen LogP contribution in [0, 0.1) is 12.8 Å². The number of alkyl halides is 1. The van der Waals surface area contributed by atoms with E-state index in [9.17, 15) is 4.79 Å². The minimum absolute atomic E-state index is 0.0958. The molecule has 0 bridgehead atoms. The predicted octanol–water partition coefficient (Wildman–Crippen LogP) is 4.09. The standard InChI is InChI=1S/C12H17Cl2NOS/c1-7(2)9(4-5-13)15-12(16)11-10(14)8(3)6-17-11/h6-7,9H,4-5H2,1-3H3,(H,15,16). The SMILES string of the molecule is Cc1csc(C(=O)NC(CCCl)C(C)C)c1Cl. The summed E-state index contributed by atoms with van der Waals surface area (Å²) in [6, 6.07) is 0.0958. The molecule has 1 heterocycles. The summed E-state index contributed by atoms with van der Waals surface area (Å²) < 4.78 is 0. The molecule has 17 heavy (non-hydrogen) atoms. The molecule has 0 saturated carbocycles. The molecule has 0 aliphatic heterocycles. The maximum Gasteiger partial charge on any atom is 0.263 e. The summed E-state index contributed by atoms with van der Waals surface area (Å²) in [6.45, 7) is 6.03. The summed E-state index contributed by atoms with van der Waals surface area (Å²) in [5.74, 6) is 0.801. The van der Waals surface area contributed by atoms with Gasteiger partial charge in [0.1, 0.15) is 4.88 Å². The van der Waals surface area contributed by atoms with Gasteiger partial charge >= 0.3 is 0 Å². The second kappa shape index (κ2) is 6.62. The number of rotatable bonds is 5. The summed E-state index contributed by atoms with van der Waals surface area (Å²) in [5, 5.41) is 5.44. The third-order valence-electron chi connectivity index (χ3n) is 2.65. The fourth-order valence-corrected chi connectivity index (χ4v) is 2.92. The minimum Gasteiger partial charge on any atom is -0.348 e. The van der Waals surface area contributed by atoms with Crippen LogP contribution in [-0.4, -0.2) is 17.8 Å². The molecule has 1 aromatic rings. The lowest BCUT2D eigenvalue weighted by Crippen LogP contribution is -2.38. The van der Waals surface area contributed by atoms with Crippen LogP contribution in [-0.2, 0) is 0 Å². The highest BCUT2D eigenvalue weighted by Gasteiger charge is 2.20. The van der Waals surface area contributed by atoms with E-state index in [0.717, 1.165) is 12.0 Å². The van der Waals surface area contributed by atoms with E-state index in [2.05, 4.69) is 19.2 Å². The summed E-state index contributed by atoms with van der Waals surface area (Å²) in [7, 11) is 0. The van der Waals surface area contributed by atoms with Gasteiger partial charge in [-0.3, -0.25) is 4.79 Å². The molecule has 1 atom stereocenters. The number of hydrogen-bond donors (Lipinski definition) is 1. The highest BCUT2D eigenvalue weighted by atomic mass is 35.5. The molecule has 0 radical (unpaired) electrons. The van der Waals surface area contributed by atoms with Crippen molar-refractivity contribution in [1.82, 2.24) is 5.32 Å². The van der Waals surface area contributed by atoms with Crippen molar-refractivity contribution in [2.45, 2.75) is 33.2 Å². The Hall–Kier alpha value is -0.250. The average Bonchev–Trinajstić information content (AvgIpc) is 2.59. The number of thiophene rings is 1. The molecule has 96 valence electrons. The number of hydrogen-bond acceptors (Lipinski definition) is 2. The van der Waals surface area contributed by atoms with Crippen LogP contribution in [0.15, 0.2) is 5.38 Å². The van der Waals surface area contributed by atoms with E-state index in [0.29, 0.717) is 21.7 Å². The molecule has 1 amide bonds. The Morgan fingerprint density at radius 2 is 2.18 bits per heavy atom. The van der Waals surface area contributed by atoms with Gasteiger partial charge < -0.3 is 5.32 Å². The van der Waals surface area contributed by atoms with Crippen LogP contribution in [0.2, 0.25) is 5.02 Å². The van der Waals surface area contributed by atoms with Crippen molar-refractivity contribution in [3.8, 4) is 0 Å². The number of halogens is 2. The third kappa shape index (κ3) is 3.87. The Morgan fingerprint density at radius 1 is 1.53 bits per heavy atom. The molecule has 0 spiro atoms. The van der Waals surface area contributed by atoms with Crippen molar-refractivity contribution < 1.29 is 4.79 Å². The average molecular weight is 294 g/mol. The number of carbonyl (C=O) groups excluding carboxylic acids is 1. The Morgan fingerprint density at radius 3 is 2.59 bits per heavy atom. The number of amides is 1. The topological polar surface area (TPSA) is 29.1 Å². The Balaban J connectivity index is 2.74. The van der Waals surface area contributed by atoms with Crippen LogP contribution in [0.25, 0.3) is 0 Å². The van der Waals surface area contributed by atoms with Crippen molar-refractivity contribution in [2.24, 2.45) is 5.92 Å². The predicted molar refractivity (Wildman–Crippen MR) is 75.5 cm³/mol. The van der Waals surface area contributed by atoms with Gasteiger partial charge in [0, 0.05) is 11.9 Å². The molecule has 1 N–H and O–H groups in total. The van der Waals surface area contributed by atoms with Crippen LogP contribution in [0.4, 0.5) is 0 Å². The molecule has 0 aliphatic rings. The highest BCUT2D eigenvalue weighted by molar-refractivity contribution is 7.13. The summed E-state index contributed by atoms with van der Waals surface area (Å²) in [4.78, 5) is 12.6. The van der Waals surface area contributed by atoms with Gasteiger partial charge in [-0.1, -0.05) is 25.4 Å². The first-order valence-electron chi connectivity index (χ1n) is 5.57. The first-order chi connectivity index (χ1) is 7.97. The van der Waals surface area contributed by atoms with Crippen LogP contribution in [0.1, 0.15) is 35.5 Å². The van der Waals surface area contributed by atoms with Crippen molar-refractivity contribution in [2.75, 3.05) is 5.88 Å². The molecule has 5 heteroatoms. The van der Waals surface area contributed by atoms with Crippen molar-refractivity contribution in [3.05, 3.63) is 20.8 Å². The van der Waals surface area contributed by atoms with E-state index in [1.165, 1.54) is 11.3 Å². The van der Waals surface area contributed by atoms with Crippen molar-refractivity contribution >= 4 is 40.4 Å². The fraction of sp³-hybridized carbons (Fsp3) is 0.583. The number of aryl methyl sites for hydroxylation is 1. The Bertz CT molecular complexity index is 390. The zero-order chi connectivity index (χ0) is 13.0. The molecule has 0 aromatic carbocycles. The van der Waals surface area contributed by atoms with Gasteiger partial charge in [0.15, 0.2) is 0 Å². The van der Waals surface area contributed by atoms with E-state index < -0.39 is 0 Å². The van der Waals surface area contributed by atoms with E-state index in [4.69, 9.17) is 23.2 Å². The van der Waals surface area contributed by atoms with E-state index >= 15 is 0 Å². The molecule has 1 unspecified atom stereocenters. The fourth-order valence-electron chi connectivity index (χ4n) is 1.51. The maximum absolute atomic E-state index is 12.0. The van der Waals surface area contributed by atoms with Crippen LogP contribution in [0.5, 0.6) is 0 Å². The molecule has 0 fully saturated rings. The molecule has 0 aliphatic carbocycles.